The number of nitrogens with zero attached hydrogens (tertiary/aromatic N) is 4. The molecule has 27 heteroatoms. The first-order chi connectivity index (χ1) is 35.3. The number of nitrogen functional groups attached to an aromatic ring is 2. The standard InChI is InChI=1S/C32H34F3N5O5Si.C16H16F3N5O5/c1-31(2,3)46(21-12-6-4-7-13-21,22-14-8-5-9-15-22)44-19-24-23(41)17-25(45-24)40-18-20(11-10-16-37-29(43)32(33,34)35)26-27(40)38-30(36)39-28(26)42;17-16(18,19)14(28)21-3-1-2-7-5-24(10-4-8(26)9(6-25)29-10)12-11(7)13(27)23-15(20)22-12/h4-9,12-15,18,23-25,41H,16-17,19H2,1-3H3,(H,37,43)(H3,36,38,39,42);5,8-10,25-26H,3-4,6H2,(H,21,28)(H3,20,22,23,27). The predicted octanol–water partition coefficient (Wildman–Crippen LogP) is 1.54. The number of aliphatic hydroxyl groups is 3. The highest BCUT2D eigenvalue weighted by Gasteiger charge is 2.51. The van der Waals surface area contributed by atoms with E-state index in [0.717, 1.165) is 10.4 Å². The molecule has 2 amide bonds. The number of H-pyrrole nitrogens is 2. The summed E-state index contributed by atoms with van der Waals surface area (Å²) in [7, 11) is -2.93. The van der Waals surface area contributed by atoms with Crippen LogP contribution in [0.2, 0.25) is 5.04 Å². The van der Waals surface area contributed by atoms with Gasteiger partial charge in [-0.3, -0.25) is 29.1 Å². The van der Waals surface area contributed by atoms with E-state index in [2.05, 4.69) is 88.7 Å². The maximum absolute atomic E-state index is 12.8. The van der Waals surface area contributed by atoms with Crippen LogP contribution in [0.4, 0.5) is 38.2 Å². The zero-order valence-electron chi connectivity index (χ0n) is 40.0. The maximum Gasteiger partial charge on any atom is 0.471 e. The van der Waals surface area contributed by atoms with E-state index >= 15 is 0 Å². The molecule has 2 aliphatic rings. The van der Waals surface area contributed by atoms with Gasteiger partial charge in [0.05, 0.1) is 60.4 Å². The normalized spacial score (nSPS) is 19.9. The molecule has 6 heterocycles. The average Bonchev–Trinajstić information content (AvgIpc) is 4.12. The van der Waals surface area contributed by atoms with Gasteiger partial charge in [-0.1, -0.05) is 105 Å². The quantitative estimate of drug-likeness (QED) is 0.0535. The number of amides is 2. The Balaban J connectivity index is 0.000000243. The summed E-state index contributed by atoms with van der Waals surface area (Å²) >= 11 is 0. The molecular formula is C48H50F6N10O10Si. The van der Waals surface area contributed by atoms with Crippen LogP contribution in [-0.2, 0) is 23.5 Å². The van der Waals surface area contributed by atoms with Crippen molar-refractivity contribution in [3.05, 3.63) is 105 Å². The molecule has 20 nitrogen and oxygen atoms in total. The van der Waals surface area contributed by atoms with Crippen LogP contribution in [0.1, 0.15) is 57.2 Å². The monoisotopic (exact) mass is 1070 g/mol. The zero-order valence-corrected chi connectivity index (χ0v) is 41.0. The van der Waals surface area contributed by atoms with Crippen LogP contribution in [0.25, 0.3) is 22.1 Å². The number of nitrogens with two attached hydrogens (primary N) is 2. The predicted molar refractivity (Wildman–Crippen MR) is 261 cm³/mol. The SMILES string of the molecule is CC(C)(C)[Si](OCC1OC(n2cc(C#CCNC(=O)C(F)(F)F)c3c(=O)[nH]c(N)nc32)CC1O)(c1ccccc1)c1ccccc1.Nc1nc2c(c(C#CCNC(=O)C(F)(F)F)cn2C2CC(O)C(CO)O2)c(=O)[nH]1. The molecule has 2 fully saturated rings. The minimum atomic E-state index is -5.05. The first-order valence-electron chi connectivity index (χ1n) is 22.8. The molecule has 75 heavy (non-hydrogen) atoms. The van der Waals surface area contributed by atoms with Crippen molar-refractivity contribution >= 4 is 64.5 Å². The van der Waals surface area contributed by atoms with Gasteiger partial charge in [-0.15, -0.1) is 0 Å². The van der Waals surface area contributed by atoms with Gasteiger partial charge in [-0.2, -0.15) is 36.3 Å². The fourth-order valence-corrected chi connectivity index (χ4v) is 13.3. The lowest BCUT2D eigenvalue weighted by atomic mass is 10.2. The van der Waals surface area contributed by atoms with Crippen molar-refractivity contribution in [1.82, 2.24) is 39.7 Å². The summed E-state index contributed by atoms with van der Waals surface area (Å²) in [6.45, 7) is 4.88. The number of aliphatic hydroxyl groups excluding tert-OH is 3. The van der Waals surface area contributed by atoms with E-state index in [0.29, 0.717) is 0 Å². The summed E-state index contributed by atoms with van der Waals surface area (Å²) in [4.78, 5) is 60.0. The third-order valence-corrected chi connectivity index (χ3v) is 17.1. The lowest BCUT2D eigenvalue weighted by molar-refractivity contribution is -0.173. The summed E-state index contributed by atoms with van der Waals surface area (Å²) in [6.07, 6.45) is -12.0. The van der Waals surface area contributed by atoms with Gasteiger partial charge in [0, 0.05) is 25.2 Å². The number of rotatable bonds is 10. The molecule has 6 unspecified atom stereocenters. The van der Waals surface area contributed by atoms with Crippen molar-refractivity contribution in [1.29, 1.82) is 0 Å². The number of carbonyl (C=O) groups is 2. The highest BCUT2D eigenvalue weighted by Crippen LogP contribution is 2.39. The Morgan fingerprint density at radius 1 is 0.733 bits per heavy atom. The van der Waals surface area contributed by atoms with E-state index in [1.807, 2.05) is 36.4 Å². The number of hydrogen-bond donors (Lipinski definition) is 9. The molecule has 2 saturated heterocycles. The summed E-state index contributed by atoms with van der Waals surface area (Å²) < 4.78 is 95.9. The molecular weight excluding hydrogens is 1020 g/mol. The van der Waals surface area contributed by atoms with Crippen LogP contribution in [-0.4, -0.2) is 128 Å². The van der Waals surface area contributed by atoms with Crippen molar-refractivity contribution in [2.45, 2.75) is 87.9 Å². The third kappa shape index (κ3) is 12.1. The molecule has 2 aliphatic heterocycles. The number of alkyl halides is 6. The fourth-order valence-electron chi connectivity index (χ4n) is 8.76. The van der Waals surface area contributed by atoms with Crippen molar-refractivity contribution < 1.29 is 65.2 Å². The van der Waals surface area contributed by atoms with Crippen molar-refractivity contribution in [3.63, 3.8) is 0 Å². The van der Waals surface area contributed by atoms with Gasteiger partial charge in [0.15, 0.2) is 11.3 Å². The second kappa shape index (κ2) is 22.1. The molecule has 0 spiro atoms. The summed E-state index contributed by atoms with van der Waals surface area (Å²) in [5.74, 6) is 5.29. The molecule has 0 saturated carbocycles. The highest BCUT2D eigenvalue weighted by molar-refractivity contribution is 6.99. The van der Waals surface area contributed by atoms with Gasteiger partial charge >= 0.3 is 24.2 Å². The van der Waals surface area contributed by atoms with Crippen molar-refractivity contribution in [2.24, 2.45) is 0 Å². The Morgan fingerprint density at radius 2 is 1.13 bits per heavy atom. The molecule has 0 bridgehead atoms. The molecule has 0 radical (unpaired) electrons. The summed E-state index contributed by atoms with van der Waals surface area (Å²) in [5.41, 5.74) is 10.6. The number of fused-ring (bicyclic) bond motifs is 2. The van der Waals surface area contributed by atoms with Gasteiger partial charge < -0.3 is 60.5 Å². The van der Waals surface area contributed by atoms with E-state index in [4.69, 9.17) is 25.4 Å². The first kappa shape index (κ1) is 55.3. The number of anilines is 2. The average molecular weight is 1070 g/mol. The van der Waals surface area contributed by atoms with Crippen LogP contribution in [0.3, 0.4) is 0 Å². The van der Waals surface area contributed by atoms with Crippen LogP contribution < -0.4 is 43.6 Å². The smallest absolute Gasteiger partial charge is 0.405 e. The topological polar surface area (TPSA) is 300 Å². The van der Waals surface area contributed by atoms with Crippen LogP contribution in [0.5, 0.6) is 0 Å². The maximum atomic E-state index is 12.8. The van der Waals surface area contributed by atoms with Crippen LogP contribution >= 0.6 is 0 Å². The van der Waals surface area contributed by atoms with Gasteiger partial charge in [-0.05, 0) is 15.4 Å². The van der Waals surface area contributed by atoms with Gasteiger partial charge in [0.2, 0.25) is 11.9 Å². The van der Waals surface area contributed by atoms with E-state index in [1.54, 1.807) is 10.6 Å². The van der Waals surface area contributed by atoms with E-state index in [1.165, 1.54) is 21.5 Å². The van der Waals surface area contributed by atoms with E-state index in [-0.39, 0.29) is 69.6 Å². The number of aromatic amines is 2. The Labute approximate surface area is 422 Å². The first-order valence-corrected chi connectivity index (χ1v) is 24.8. The van der Waals surface area contributed by atoms with Crippen molar-refractivity contribution in [2.75, 3.05) is 37.8 Å². The van der Waals surface area contributed by atoms with Crippen molar-refractivity contribution in [3.8, 4) is 23.7 Å². The molecule has 0 aliphatic carbocycles. The number of aromatic nitrogens is 6. The Hall–Kier alpha value is -7.50. The number of benzene rings is 2. The van der Waals surface area contributed by atoms with Crippen LogP contribution in [0, 0.1) is 23.7 Å². The zero-order chi connectivity index (χ0) is 54.6. The number of carbonyl (C=O) groups excluding carboxylic acids is 2. The minimum absolute atomic E-state index is 0.0133. The number of halogens is 6. The minimum Gasteiger partial charge on any atom is -0.405 e. The molecule has 2 aromatic carbocycles. The Morgan fingerprint density at radius 3 is 1.51 bits per heavy atom. The third-order valence-electron chi connectivity index (χ3n) is 12.1. The fraction of sp³-hybridized carbons (Fsp3) is 0.375. The van der Waals surface area contributed by atoms with E-state index in [9.17, 15) is 60.8 Å². The lowest BCUT2D eigenvalue weighted by Crippen LogP contribution is -2.67. The lowest BCUT2D eigenvalue weighted by Gasteiger charge is -2.43. The number of ether oxygens (including phenoxy) is 2. The summed E-state index contributed by atoms with van der Waals surface area (Å²) in [5, 5.41) is 35.5. The van der Waals surface area contributed by atoms with Gasteiger partial charge in [0.1, 0.15) is 24.7 Å². The summed E-state index contributed by atoms with van der Waals surface area (Å²) in [6, 6.07) is 20.1. The molecule has 8 rings (SSSR count). The van der Waals surface area contributed by atoms with Gasteiger partial charge in [0.25, 0.3) is 19.4 Å². The van der Waals surface area contributed by atoms with Crippen LogP contribution in [0.15, 0.2) is 82.6 Å². The van der Waals surface area contributed by atoms with E-state index < -0.39 is 100 Å². The van der Waals surface area contributed by atoms with Gasteiger partial charge in [-0.25, -0.2) is 0 Å². The molecule has 4 aromatic heterocycles. The second-order valence-corrected chi connectivity index (χ2v) is 22.5. The second-order valence-electron chi connectivity index (χ2n) is 18.2. The number of nitrogens with one attached hydrogen (secondary N) is 4. The Bertz CT molecular complexity index is 3260. The largest absolute Gasteiger partial charge is 0.471 e. The highest BCUT2D eigenvalue weighted by atomic mass is 28.4. The molecule has 11 N–H and O–H groups in total. The molecule has 398 valence electrons. The molecule has 6 atom stereocenters. The Kier molecular flexibility index (Phi) is 16.3. The molecule has 6 aromatic rings. The number of hydrogen-bond acceptors (Lipinski definition) is 14.